The topological polar surface area (TPSA) is 58.2 Å². The van der Waals surface area contributed by atoms with E-state index in [1.165, 1.54) is 5.56 Å². The quantitative estimate of drug-likeness (QED) is 0.689. The van der Waals surface area contributed by atoms with E-state index >= 15 is 0 Å². The minimum atomic E-state index is -3.33. The van der Waals surface area contributed by atoms with E-state index in [-0.39, 0.29) is 6.04 Å². The molecule has 1 fully saturated rings. The van der Waals surface area contributed by atoms with Gasteiger partial charge in [0.2, 0.25) is 10.0 Å². The molecule has 4 nitrogen and oxygen atoms in total. The van der Waals surface area contributed by atoms with Gasteiger partial charge in [0.15, 0.2) is 0 Å². The number of aryl methyl sites for hydroxylation is 1. The summed E-state index contributed by atoms with van der Waals surface area (Å²) in [5, 5.41) is 3.37. The Kier molecular flexibility index (Phi) is 6.21. The van der Waals surface area contributed by atoms with Gasteiger partial charge in [-0.05, 0) is 62.9 Å². The smallest absolute Gasteiger partial charge is 0.240 e. The first kappa shape index (κ1) is 16.5. The summed E-state index contributed by atoms with van der Waals surface area (Å²) in [6, 6.07) is 7.43. The van der Waals surface area contributed by atoms with E-state index < -0.39 is 10.0 Å². The fraction of sp³-hybridized carbons (Fsp3) is 0.625. The van der Waals surface area contributed by atoms with Crippen LogP contribution in [0.15, 0.2) is 29.2 Å². The lowest BCUT2D eigenvalue weighted by Gasteiger charge is -2.26. The molecule has 118 valence electrons. The van der Waals surface area contributed by atoms with Gasteiger partial charge in [-0.3, -0.25) is 0 Å². The largest absolute Gasteiger partial charge is 0.317 e. The Bertz CT molecular complexity index is 522. The van der Waals surface area contributed by atoms with Crippen LogP contribution < -0.4 is 10.0 Å². The van der Waals surface area contributed by atoms with Gasteiger partial charge in [0.05, 0.1) is 4.90 Å². The van der Waals surface area contributed by atoms with Gasteiger partial charge in [0.1, 0.15) is 0 Å². The molecule has 0 amide bonds. The van der Waals surface area contributed by atoms with Crippen molar-refractivity contribution in [1.29, 1.82) is 0 Å². The van der Waals surface area contributed by atoms with Crippen LogP contribution in [-0.2, 0) is 16.4 Å². The highest BCUT2D eigenvalue weighted by molar-refractivity contribution is 7.89. The maximum atomic E-state index is 12.2. The highest BCUT2D eigenvalue weighted by Gasteiger charge is 2.24. The van der Waals surface area contributed by atoms with Gasteiger partial charge in [-0.25, -0.2) is 13.1 Å². The third kappa shape index (κ3) is 5.09. The van der Waals surface area contributed by atoms with Crippen molar-refractivity contribution in [2.45, 2.75) is 56.4 Å². The molecule has 1 saturated carbocycles. The Balaban J connectivity index is 1.83. The summed E-state index contributed by atoms with van der Waals surface area (Å²) in [5.74, 6) is 0. The van der Waals surface area contributed by atoms with Crippen LogP contribution in [0.1, 0.15) is 44.6 Å². The summed E-state index contributed by atoms with van der Waals surface area (Å²) in [7, 11) is -3.33. The fourth-order valence-electron chi connectivity index (χ4n) is 2.37. The van der Waals surface area contributed by atoms with Crippen LogP contribution in [0.4, 0.5) is 0 Å². The first-order valence-corrected chi connectivity index (χ1v) is 9.42. The highest BCUT2D eigenvalue weighted by atomic mass is 32.2. The predicted octanol–water partition coefficient (Wildman–Crippen LogP) is 2.45. The molecule has 0 saturated heterocycles. The van der Waals surface area contributed by atoms with Crippen LogP contribution in [0, 0.1) is 0 Å². The molecule has 0 heterocycles. The van der Waals surface area contributed by atoms with E-state index in [1.807, 2.05) is 12.1 Å². The Morgan fingerprint density at radius 1 is 1.14 bits per heavy atom. The monoisotopic (exact) mass is 310 g/mol. The van der Waals surface area contributed by atoms with Crippen LogP contribution in [0.2, 0.25) is 0 Å². The summed E-state index contributed by atoms with van der Waals surface area (Å²) in [4.78, 5) is 0.377. The third-order valence-electron chi connectivity index (χ3n) is 3.91. The first-order chi connectivity index (χ1) is 10.1. The highest BCUT2D eigenvalue weighted by Crippen LogP contribution is 2.21. The maximum absolute atomic E-state index is 12.2. The molecule has 1 aromatic carbocycles. The van der Waals surface area contributed by atoms with Gasteiger partial charge >= 0.3 is 0 Å². The van der Waals surface area contributed by atoms with Gasteiger partial charge in [-0.1, -0.05) is 25.5 Å². The summed E-state index contributed by atoms with van der Waals surface area (Å²) >= 11 is 0. The maximum Gasteiger partial charge on any atom is 0.240 e. The molecule has 0 unspecified atom stereocenters. The number of rotatable bonds is 9. The van der Waals surface area contributed by atoms with Gasteiger partial charge in [0, 0.05) is 6.04 Å². The normalized spacial score (nSPS) is 15.9. The molecule has 21 heavy (non-hydrogen) atoms. The molecule has 1 aliphatic carbocycles. The van der Waals surface area contributed by atoms with Crippen molar-refractivity contribution in [2.75, 3.05) is 13.1 Å². The van der Waals surface area contributed by atoms with Gasteiger partial charge < -0.3 is 5.32 Å². The summed E-state index contributed by atoms with van der Waals surface area (Å²) < 4.78 is 27.1. The van der Waals surface area contributed by atoms with E-state index in [2.05, 4.69) is 17.0 Å². The zero-order valence-electron chi connectivity index (χ0n) is 12.8. The van der Waals surface area contributed by atoms with Crippen molar-refractivity contribution in [3.63, 3.8) is 0 Å². The molecule has 0 spiro atoms. The molecule has 1 aromatic rings. The first-order valence-electron chi connectivity index (χ1n) is 7.94. The van der Waals surface area contributed by atoms with E-state index in [4.69, 9.17) is 0 Å². The molecule has 5 heteroatoms. The molecule has 0 aliphatic heterocycles. The Labute approximate surface area is 128 Å². The number of hydrogen-bond donors (Lipinski definition) is 2. The number of nitrogens with one attached hydrogen (secondary N) is 2. The standard InChI is InChI=1S/C16H26N2O2S/c1-2-12-17-13-4-5-14-8-10-16(11-9-14)21(19,20)18-15-6-3-7-15/h8-11,15,17-18H,2-7,12-13H2,1H3. The lowest BCUT2D eigenvalue weighted by atomic mass is 9.94. The van der Waals surface area contributed by atoms with Crippen LogP contribution in [0.3, 0.4) is 0 Å². The average molecular weight is 310 g/mol. The molecule has 0 radical (unpaired) electrons. The van der Waals surface area contributed by atoms with Crippen LogP contribution in [-0.4, -0.2) is 27.5 Å². The van der Waals surface area contributed by atoms with E-state index in [9.17, 15) is 8.42 Å². The fourth-order valence-corrected chi connectivity index (χ4v) is 3.67. The molecular formula is C16H26N2O2S. The lowest BCUT2D eigenvalue weighted by Crippen LogP contribution is -2.39. The number of sulfonamides is 1. The minimum absolute atomic E-state index is 0.138. The molecule has 0 bridgehead atoms. The van der Waals surface area contributed by atoms with Crippen molar-refractivity contribution in [1.82, 2.24) is 10.0 Å². The summed E-state index contributed by atoms with van der Waals surface area (Å²) in [6.45, 7) is 4.23. The van der Waals surface area contributed by atoms with Gasteiger partial charge in [-0.15, -0.1) is 0 Å². The van der Waals surface area contributed by atoms with E-state index in [1.54, 1.807) is 12.1 Å². The SMILES string of the molecule is CCCNCCCc1ccc(S(=O)(=O)NC2CCC2)cc1. The molecule has 1 aliphatic rings. The van der Waals surface area contributed by atoms with Crippen LogP contribution in [0.25, 0.3) is 0 Å². The van der Waals surface area contributed by atoms with Crippen molar-refractivity contribution < 1.29 is 8.42 Å². The van der Waals surface area contributed by atoms with Crippen molar-refractivity contribution in [3.8, 4) is 0 Å². The minimum Gasteiger partial charge on any atom is -0.317 e. The molecular weight excluding hydrogens is 284 g/mol. The van der Waals surface area contributed by atoms with E-state index in [0.717, 1.165) is 51.6 Å². The van der Waals surface area contributed by atoms with Crippen molar-refractivity contribution in [3.05, 3.63) is 29.8 Å². The second-order valence-electron chi connectivity index (χ2n) is 5.75. The molecule has 2 rings (SSSR count). The van der Waals surface area contributed by atoms with Crippen LogP contribution in [0.5, 0.6) is 0 Å². The van der Waals surface area contributed by atoms with Crippen LogP contribution >= 0.6 is 0 Å². The van der Waals surface area contributed by atoms with E-state index in [0.29, 0.717) is 4.90 Å². The predicted molar refractivity (Wildman–Crippen MR) is 85.9 cm³/mol. The summed E-state index contributed by atoms with van der Waals surface area (Å²) in [6.07, 6.45) is 6.25. The Morgan fingerprint density at radius 2 is 1.86 bits per heavy atom. The zero-order chi connectivity index (χ0) is 15.1. The Hall–Kier alpha value is -0.910. The second kappa shape index (κ2) is 7.92. The van der Waals surface area contributed by atoms with Crippen molar-refractivity contribution in [2.24, 2.45) is 0 Å². The number of benzene rings is 1. The zero-order valence-corrected chi connectivity index (χ0v) is 13.6. The molecule has 0 aromatic heterocycles. The Morgan fingerprint density at radius 3 is 2.43 bits per heavy atom. The number of hydrogen-bond acceptors (Lipinski definition) is 3. The van der Waals surface area contributed by atoms with Gasteiger partial charge in [0.25, 0.3) is 0 Å². The third-order valence-corrected chi connectivity index (χ3v) is 5.44. The summed E-state index contributed by atoms with van der Waals surface area (Å²) in [5.41, 5.74) is 1.19. The lowest BCUT2D eigenvalue weighted by molar-refractivity contribution is 0.383. The molecule has 0 atom stereocenters. The van der Waals surface area contributed by atoms with Crippen molar-refractivity contribution >= 4 is 10.0 Å². The molecule has 2 N–H and O–H groups in total. The van der Waals surface area contributed by atoms with Gasteiger partial charge in [-0.2, -0.15) is 0 Å². The second-order valence-corrected chi connectivity index (χ2v) is 7.46. The average Bonchev–Trinajstić information content (AvgIpc) is 2.43.